The number of nitrogens with zero attached hydrogens (tertiary/aromatic N) is 2. The molecule has 210 valence electrons. The van der Waals surface area contributed by atoms with Gasteiger partial charge in [0.05, 0.1) is 11.0 Å². The molecule has 0 N–H and O–H groups in total. The van der Waals surface area contributed by atoms with Crippen molar-refractivity contribution in [2.75, 3.05) is 11.4 Å². The Morgan fingerprint density at radius 1 is 0.619 bits per heavy atom. The van der Waals surface area contributed by atoms with Crippen LogP contribution in [0.5, 0.6) is 0 Å². The van der Waals surface area contributed by atoms with Crippen LogP contribution < -0.4 is 4.90 Å². The molecule has 1 unspecified atom stereocenters. The molecule has 0 spiro atoms. The lowest BCUT2D eigenvalue weighted by Gasteiger charge is -2.20. The normalized spacial score (nSPS) is 14.3. The fourth-order valence-electron chi connectivity index (χ4n) is 6.00. The monoisotopic (exact) mass is 548 g/mol. The van der Waals surface area contributed by atoms with E-state index in [4.69, 9.17) is 0 Å². The Hall–Kier alpha value is -4.82. The summed E-state index contributed by atoms with van der Waals surface area (Å²) < 4.78 is 2.37. The predicted molar refractivity (Wildman–Crippen MR) is 184 cm³/mol. The molecule has 42 heavy (non-hydrogen) atoms. The van der Waals surface area contributed by atoms with Crippen molar-refractivity contribution in [3.05, 3.63) is 151 Å². The first-order chi connectivity index (χ1) is 20.3. The van der Waals surface area contributed by atoms with Crippen LogP contribution in [0.1, 0.15) is 39.7 Å². The van der Waals surface area contributed by atoms with Crippen molar-refractivity contribution >= 4 is 33.2 Å². The van der Waals surface area contributed by atoms with Gasteiger partial charge in [-0.2, -0.15) is 0 Å². The second kappa shape index (κ2) is 12.8. The first kappa shape index (κ1) is 28.7. The van der Waals surface area contributed by atoms with Crippen molar-refractivity contribution < 1.29 is 0 Å². The molecule has 5 aromatic carbocycles. The summed E-state index contributed by atoms with van der Waals surface area (Å²) in [4.78, 5) is 2.44. The van der Waals surface area contributed by atoms with Gasteiger partial charge in [-0.3, -0.25) is 0 Å². The molecule has 1 aromatic heterocycles. The largest absolute Gasteiger partial charge is 0.340 e. The number of para-hydroxylation sites is 3. The fraction of sp³-hybridized carbons (Fsp3) is 0.150. The average molecular weight is 549 g/mol. The van der Waals surface area contributed by atoms with Crippen molar-refractivity contribution in [1.82, 2.24) is 4.57 Å². The van der Waals surface area contributed by atoms with Gasteiger partial charge < -0.3 is 9.47 Å². The van der Waals surface area contributed by atoms with Crippen LogP contribution in [0.3, 0.4) is 0 Å². The van der Waals surface area contributed by atoms with Crippen LogP contribution in [-0.4, -0.2) is 11.1 Å². The molecule has 0 bridgehead atoms. The smallest absolute Gasteiger partial charge is 0.0541 e. The molecule has 0 saturated carbocycles. The van der Waals surface area contributed by atoms with E-state index < -0.39 is 0 Å². The highest BCUT2D eigenvalue weighted by molar-refractivity contribution is 6.10. The minimum absolute atomic E-state index is 0. The van der Waals surface area contributed by atoms with Crippen molar-refractivity contribution in [3.63, 3.8) is 0 Å². The van der Waals surface area contributed by atoms with E-state index in [2.05, 4.69) is 162 Å². The molecule has 2 heteroatoms. The molecule has 2 heterocycles. The van der Waals surface area contributed by atoms with Crippen LogP contribution >= 0.6 is 0 Å². The zero-order chi connectivity index (χ0) is 28.2. The maximum absolute atomic E-state index is 2.44. The van der Waals surface area contributed by atoms with Crippen molar-refractivity contribution in [1.29, 1.82) is 0 Å². The van der Waals surface area contributed by atoms with Gasteiger partial charge in [0.2, 0.25) is 0 Å². The summed E-state index contributed by atoms with van der Waals surface area (Å²) >= 11 is 0. The second-order valence-corrected chi connectivity index (χ2v) is 10.2. The topological polar surface area (TPSA) is 8.17 Å². The average Bonchev–Trinajstić information content (AvgIpc) is 3.58. The summed E-state index contributed by atoms with van der Waals surface area (Å²) in [5.74, 6) is 0.333. The molecule has 1 aliphatic heterocycles. The first-order valence-corrected chi connectivity index (χ1v) is 14.7. The van der Waals surface area contributed by atoms with Gasteiger partial charge in [-0.1, -0.05) is 112 Å². The standard InChI is InChI=1S/C37H30N2.C2H6.CH4/c1-2-3-6-13-29-26-38(30-14-7-4-8-15-30)35-22-20-27(24-33(29)35)28-21-23-37-34(25-28)32-18-11-12-19-36(32)39(37)31-16-9-5-10-17-31;1-2;/h2-25,29H,26H2,1H3;1-2H3;1H4/b3-2-,13-6-;;. The Balaban J connectivity index is 0.00000115. The van der Waals surface area contributed by atoms with Gasteiger partial charge in [0, 0.05) is 40.3 Å². The third kappa shape index (κ3) is 5.17. The highest BCUT2D eigenvalue weighted by Crippen LogP contribution is 2.44. The summed E-state index contributed by atoms with van der Waals surface area (Å²) in [5.41, 5.74) is 10.1. The lowest BCUT2D eigenvalue weighted by atomic mass is 9.95. The molecule has 0 amide bonds. The molecule has 0 radical (unpaired) electrons. The summed E-state index contributed by atoms with van der Waals surface area (Å²) in [6.45, 7) is 7.01. The zero-order valence-electron chi connectivity index (χ0n) is 24.0. The number of hydrogen-bond donors (Lipinski definition) is 0. The van der Waals surface area contributed by atoms with Crippen LogP contribution in [0, 0.1) is 0 Å². The number of allylic oxidation sites excluding steroid dienone is 3. The van der Waals surface area contributed by atoms with Crippen molar-refractivity contribution in [2.24, 2.45) is 0 Å². The number of anilines is 2. The summed E-state index contributed by atoms with van der Waals surface area (Å²) in [5, 5.41) is 2.56. The van der Waals surface area contributed by atoms with Gasteiger partial charge >= 0.3 is 0 Å². The van der Waals surface area contributed by atoms with Gasteiger partial charge in [0.1, 0.15) is 0 Å². The Morgan fingerprint density at radius 3 is 1.98 bits per heavy atom. The first-order valence-electron chi connectivity index (χ1n) is 14.7. The predicted octanol–water partition coefficient (Wildman–Crippen LogP) is 11.5. The number of benzene rings is 5. The van der Waals surface area contributed by atoms with Crippen molar-refractivity contribution in [3.8, 4) is 16.8 Å². The van der Waals surface area contributed by atoms with E-state index in [9.17, 15) is 0 Å². The molecule has 0 aliphatic carbocycles. The molecular weight excluding hydrogens is 508 g/mol. The Kier molecular flexibility index (Phi) is 8.74. The highest BCUT2D eigenvalue weighted by Gasteiger charge is 2.28. The third-order valence-corrected chi connectivity index (χ3v) is 7.83. The van der Waals surface area contributed by atoms with E-state index in [1.165, 1.54) is 55.6 Å². The maximum Gasteiger partial charge on any atom is 0.0541 e. The van der Waals surface area contributed by atoms with Gasteiger partial charge in [0.25, 0.3) is 0 Å². The van der Waals surface area contributed by atoms with E-state index >= 15 is 0 Å². The number of fused-ring (bicyclic) bond motifs is 4. The Morgan fingerprint density at radius 2 is 1.24 bits per heavy atom. The van der Waals surface area contributed by atoms with E-state index in [0.29, 0.717) is 5.92 Å². The minimum Gasteiger partial charge on any atom is -0.340 e. The Bertz CT molecular complexity index is 1840. The highest BCUT2D eigenvalue weighted by atomic mass is 15.2. The van der Waals surface area contributed by atoms with E-state index in [0.717, 1.165) is 6.54 Å². The third-order valence-electron chi connectivity index (χ3n) is 7.83. The van der Waals surface area contributed by atoms with E-state index in [1.807, 2.05) is 13.8 Å². The Labute approximate surface area is 250 Å². The molecule has 2 nitrogen and oxygen atoms in total. The number of aromatic nitrogens is 1. The van der Waals surface area contributed by atoms with Gasteiger partial charge in [-0.15, -0.1) is 0 Å². The number of hydrogen-bond acceptors (Lipinski definition) is 1. The molecule has 6 aromatic rings. The SMILES string of the molecule is C.C/C=C\C=C/C1CN(c2ccccc2)c2ccc(-c3ccc4c(c3)c3ccccc3n4-c3ccccc3)cc21.CC. The molecule has 7 rings (SSSR count). The molecule has 1 atom stereocenters. The van der Waals surface area contributed by atoms with Gasteiger partial charge in [0.15, 0.2) is 0 Å². The summed E-state index contributed by atoms with van der Waals surface area (Å²) in [6, 6.07) is 44.0. The molecule has 0 fully saturated rings. The molecular formula is C40H40N2. The van der Waals surface area contributed by atoms with E-state index in [-0.39, 0.29) is 7.43 Å². The van der Waals surface area contributed by atoms with Crippen LogP contribution in [0.4, 0.5) is 11.4 Å². The lowest BCUT2D eigenvalue weighted by Crippen LogP contribution is -2.14. The molecule has 0 saturated heterocycles. The van der Waals surface area contributed by atoms with Crippen LogP contribution in [0.2, 0.25) is 0 Å². The minimum atomic E-state index is 0. The fourth-order valence-corrected chi connectivity index (χ4v) is 6.00. The summed E-state index contributed by atoms with van der Waals surface area (Å²) in [7, 11) is 0. The van der Waals surface area contributed by atoms with Crippen LogP contribution in [0.15, 0.2) is 146 Å². The van der Waals surface area contributed by atoms with Crippen LogP contribution in [-0.2, 0) is 0 Å². The quantitative estimate of drug-likeness (QED) is 0.195. The van der Waals surface area contributed by atoms with E-state index in [1.54, 1.807) is 0 Å². The maximum atomic E-state index is 2.44. The van der Waals surface area contributed by atoms with Crippen LogP contribution in [0.25, 0.3) is 38.6 Å². The lowest BCUT2D eigenvalue weighted by molar-refractivity contribution is 0.890. The van der Waals surface area contributed by atoms with Gasteiger partial charge in [-0.05, 0) is 78.2 Å². The second-order valence-electron chi connectivity index (χ2n) is 10.2. The van der Waals surface area contributed by atoms with Gasteiger partial charge in [-0.25, -0.2) is 0 Å². The summed E-state index contributed by atoms with van der Waals surface area (Å²) in [6.07, 6.45) is 8.71. The number of rotatable bonds is 5. The zero-order valence-corrected chi connectivity index (χ0v) is 24.0. The van der Waals surface area contributed by atoms with Crippen molar-refractivity contribution in [2.45, 2.75) is 34.1 Å². The molecule has 1 aliphatic rings.